The van der Waals surface area contributed by atoms with Crippen molar-refractivity contribution in [3.63, 3.8) is 0 Å². The van der Waals surface area contributed by atoms with Crippen LogP contribution in [0.2, 0.25) is 0 Å². The predicted octanol–water partition coefficient (Wildman–Crippen LogP) is 2.73. The number of ether oxygens (including phenoxy) is 4. The summed E-state index contributed by atoms with van der Waals surface area (Å²) < 4.78 is 22.0. The third-order valence-corrected chi connectivity index (χ3v) is 9.23. The van der Waals surface area contributed by atoms with Gasteiger partial charge in [0.1, 0.15) is 12.2 Å². The molecule has 14 heteroatoms. The number of allylic oxidation sites excluding steroid dienone is 2. The Balaban J connectivity index is 2.08. The second kappa shape index (κ2) is 18.9. The van der Waals surface area contributed by atoms with Crippen LogP contribution in [0.3, 0.4) is 0 Å². The molecule has 1 saturated heterocycles. The Kier molecular flexibility index (Phi) is 15.3. The Morgan fingerprint density at radius 3 is 2.39 bits per heavy atom. The highest BCUT2D eigenvalue weighted by atomic mass is 16.7. The standard InChI is InChI=1S/C35H54N4O10/c1-20-16-24-29(37-12-15-39-13-7-8-14-39)27(48-35(44)45)19-25(31(24)41)38-33(42)21(2)10-9-11-26(46-5)32(49-34(36)43)23(4)18-22(3)30(40)28(17-20)47-6/h9-11,18-20,22,26-28,30-32,37,40-41H,7-8,12-17H2,1-6H3,(H2,36,43)(H,38,42)(H,44,45)/b11-9-,21-10+,23-18+/t20-,22+,26+,27?,28+,30-,31?,32+/m1/s1. The van der Waals surface area contributed by atoms with E-state index in [0.29, 0.717) is 29.8 Å². The fourth-order valence-corrected chi connectivity index (χ4v) is 6.60. The number of carbonyl (C=O) groups is 3. The number of likely N-dealkylation sites (tertiary alicyclic amines) is 1. The Morgan fingerprint density at radius 2 is 1.78 bits per heavy atom. The van der Waals surface area contributed by atoms with Gasteiger partial charge in [-0.2, -0.15) is 0 Å². The van der Waals surface area contributed by atoms with Gasteiger partial charge in [0.05, 0.1) is 23.6 Å². The number of nitrogens with two attached hydrogens (primary N) is 1. The van der Waals surface area contributed by atoms with Gasteiger partial charge in [0, 0.05) is 38.8 Å². The third kappa shape index (κ3) is 11.4. The molecule has 49 heavy (non-hydrogen) atoms. The molecule has 274 valence electrons. The lowest BCUT2D eigenvalue weighted by molar-refractivity contribution is -0.117. The van der Waals surface area contributed by atoms with E-state index in [2.05, 4.69) is 15.5 Å². The van der Waals surface area contributed by atoms with Crippen molar-refractivity contribution in [1.82, 2.24) is 15.5 Å². The maximum absolute atomic E-state index is 13.3. The Morgan fingerprint density at radius 1 is 1.08 bits per heavy atom. The topological polar surface area (TPSA) is 202 Å². The lowest BCUT2D eigenvalue weighted by Crippen LogP contribution is -2.42. The molecule has 2 aliphatic heterocycles. The van der Waals surface area contributed by atoms with Gasteiger partial charge in [-0.3, -0.25) is 4.79 Å². The Hall–Kier alpha value is -3.69. The van der Waals surface area contributed by atoms with Crippen LogP contribution in [-0.2, 0) is 23.7 Å². The van der Waals surface area contributed by atoms with Gasteiger partial charge in [-0.15, -0.1) is 0 Å². The number of nitrogens with one attached hydrogen (secondary N) is 2. The molecule has 0 saturated carbocycles. The van der Waals surface area contributed by atoms with E-state index in [4.69, 9.17) is 24.7 Å². The summed E-state index contributed by atoms with van der Waals surface area (Å²) in [6.45, 7) is 10.3. The summed E-state index contributed by atoms with van der Waals surface area (Å²) >= 11 is 0. The smallest absolute Gasteiger partial charge is 0.450 e. The first kappa shape index (κ1) is 39.7. The van der Waals surface area contributed by atoms with Gasteiger partial charge in [-0.25, -0.2) is 9.59 Å². The molecule has 2 heterocycles. The first-order chi connectivity index (χ1) is 23.2. The summed E-state index contributed by atoms with van der Waals surface area (Å²) in [6.07, 6.45) is 2.54. The molecule has 0 aromatic heterocycles. The molecule has 2 amide bonds. The molecule has 0 aromatic rings. The second-order valence-corrected chi connectivity index (χ2v) is 13.1. The molecule has 2 bridgehead atoms. The number of aliphatic hydroxyl groups is 2. The van der Waals surface area contributed by atoms with Gasteiger partial charge in [-0.1, -0.05) is 38.2 Å². The number of fused-ring (bicyclic) bond motifs is 2. The number of carboxylic acid groups (broad SMARTS) is 1. The zero-order valence-corrected chi connectivity index (χ0v) is 29.4. The molecule has 3 aliphatic rings. The minimum absolute atomic E-state index is 0.0830. The average molecular weight is 691 g/mol. The molecule has 3 rings (SSSR count). The van der Waals surface area contributed by atoms with Crippen LogP contribution in [0.4, 0.5) is 9.59 Å². The molecule has 2 unspecified atom stereocenters. The number of aliphatic hydroxyl groups excluding tert-OH is 2. The van der Waals surface area contributed by atoms with E-state index in [1.807, 2.05) is 13.8 Å². The van der Waals surface area contributed by atoms with Crippen LogP contribution in [0.15, 0.2) is 58.5 Å². The minimum atomic E-state index is -1.51. The van der Waals surface area contributed by atoms with Crippen molar-refractivity contribution in [2.45, 2.75) is 90.0 Å². The SMILES string of the molecule is CO[C@H]1/C=C\C=C(/C)C(=O)NC2=CC(OC(=O)O)C(NCCN3CCCC3)=C(C[C@@H](C)C[C@H](OC)[C@H](O)[C@@H](C)/C=C(\C)[C@@H]1OC(N)=O)C2O. The van der Waals surface area contributed by atoms with Crippen molar-refractivity contribution in [2.24, 2.45) is 17.6 Å². The van der Waals surface area contributed by atoms with Gasteiger partial charge >= 0.3 is 12.2 Å². The number of hydrogen-bond donors (Lipinski definition) is 6. The fourth-order valence-electron chi connectivity index (χ4n) is 6.60. The molecular formula is C35H54N4O10. The van der Waals surface area contributed by atoms with Crippen molar-refractivity contribution >= 4 is 18.2 Å². The van der Waals surface area contributed by atoms with E-state index in [1.54, 1.807) is 32.1 Å². The van der Waals surface area contributed by atoms with Crippen LogP contribution in [0.25, 0.3) is 0 Å². The minimum Gasteiger partial charge on any atom is -0.450 e. The monoisotopic (exact) mass is 690 g/mol. The van der Waals surface area contributed by atoms with Gasteiger partial charge in [0.25, 0.3) is 5.91 Å². The van der Waals surface area contributed by atoms with E-state index in [1.165, 1.54) is 26.4 Å². The first-order valence-corrected chi connectivity index (χ1v) is 16.8. The van der Waals surface area contributed by atoms with Crippen LogP contribution < -0.4 is 16.4 Å². The van der Waals surface area contributed by atoms with Crippen molar-refractivity contribution in [3.05, 3.63) is 58.5 Å². The number of amides is 2. The summed E-state index contributed by atoms with van der Waals surface area (Å²) in [4.78, 5) is 39.3. The fraction of sp³-hybridized carbons (Fsp3) is 0.629. The normalized spacial score (nSPS) is 33.7. The van der Waals surface area contributed by atoms with Crippen LogP contribution in [0.5, 0.6) is 0 Å². The molecular weight excluding hydrogens is 636 g/mol. The highest BCUT2D eigenvalue weighted by Gasteiger charge is 2.35. The maximum atomic E-state index is 13.3. The quantitative estimate of drug-likeness (QED) is 0.161. The average Bonchev–Trinajstić information content (AvgIpc) is 3.56. The van der Waals surface area contributed by atoms with E-state index >= 15 is 0 Å². The summed E-state index contributed by atoms with van der Waals surface area (Å²) in [5, 5.41) is 38.8. The van der Waals surface area contributed by atoms with Gasteiger partial charge in [0.15, 0.2) is 12.2 Å². The van der Waals surface area contributed by atoms with Crippen molar-refractivity contribution in [1.29, 1.82) is 0 Å². The number of carbonyl (C=O) groups excluding carboxylic acids is 2. The molecule has 7 N–H and O–H groups in total. The Labute approximate surface area is 288 Å². The highest BCUT2D eigenvalue weighted by molar-refractivity contribution is 5.94. The van der Waals surface area contributed by atoms with Crippen molar-refractivity contribution in [2.75, 3.05) is 40.4 Å². The van der Waals surface area contributed by atoms with E-state index in [-0.39, 0.29) is 23.6 Å². The van der Waals surface area contributed by atoms with Crippen LogP contribution in [0, 0.1) is 11.8 Å². The summed E-state index contributed by atoms with van der Waals surface area (Å²) in [5.41, 5.74) is 7.22. The molecule has 0 aromatic carbocycles. The van der Waals surface area contributed by atoms with E-state index < -0.39 is 60.7 Å². The van der Waals surface area contributed by atoms with Crippen LogP contribution in [-0.4, -0.2) is 115 Å². The molecule has 1 aliphatic carbocycles. The summed E-state index contributed by atoms with van der Waals surface area (Å²) in [7, 11) is 2.94. The van der Waals surface area contributed by atoms with Crippen molar-refractivity contribution in [3.8, 4) is 0 Å². The van der Waals surface area contributed by atoms with Gasteiger partial charge < -0.3 is 55.5 Å². The highest BCUT2D eigenvalue weighted by Crippen LogP contribution is 2.33. The molecule has 8 atom stereocenters. The van der Waals surface area contributed by atoms with Gasteiger partial charge in [-0.05, 0) is 75.8 Å². The zero-order valence-electron chi connectivity index (χ0n) is 29.4. The lowest BCUT2D eigenvalue weighted by atomic mass is 9.84. The second-order valence-electron chi connectivity index (χ2n) is 13.1. The van der Waals surface area contributed by atoms with Crippen LogP contribution >= 0.6 is 0 Å². The molecule has 0 spiro atoms. The van der Waals surface area contributed by atoms with Gasteiger partial charge in [0.2, 0.25) is 0 Å². The predicted molar refractivity (Wildman–Crippen MR) is 182 cm³/mol. The van der Waals surface area contributed by atoms with Crippen LogP contribution in [0.1, 0.15) is 53.4 Å². The Bertz CT molecular complexity index is 1320. The number of hydrogen-bond acceptors (Lipinski definition) is 11. The summed E-state index contributed by atoms with van der Waals surface area (Å²) in [5.74, 6) is -1.17. The number of nitrogens with zero attached hydrogens (tertiary/aromatic N) is 1. The lowest BCUT2D eigenvalue weighted by Gasteiger charge is -2.34. The molecule has 14 nitrogen and oxygen atoms in total. The number of primary amides is 1. The zero-order chi connectivity index (χ0) is 36.2. The first-order valence-electron chi connectivity index (χ1n) is 16.8. The summed E-state index contributed by atoms with van der Waals surface area (Å²) in [6, 6.07) is 0. The molecule has 1 fully saturated rings. The number of rotatable bonds is 8. The third-order valence-electron chi connectivity index (χ3n) is 9.23. The number of methoxy groups -OCH3 is 2. The largest absolute Gasteiger partial charge is 0.506 e. The maximum Gasteiger partial charge on any atom is 0.506 e. The molecule has 0 radical (unpaired) electrons. The van der Waals surface area contributed by atoms with E-state index in [9.17, 15) is 29.7 Å². The van der Waals surface area contributed by atoms with Crippen molar-refractivity contribution < 1.29 is 48.7 Å². The van der Waals surface area contributed by atoms with E-state index in [0.717, 1.165) is 32.5 Å².